The highest BCUT2D eigenvalue weighted by Crippen LogP contribution is 2.22. The number of anilines is 1. The Kier molecular flexibility index (Phi) is 3.78. The molecule has 1 heterocycles. The molecule has 0 radical (unpaired) electrons. The SMILES string of the molecule is COc1ccc(NC2CCCSC2)cc1. The second kappa shape index (κ2) is 5.31. The Labute approximate surface area is 95.4 Å². The number of hydrogen-bond donors (Lipinski definition) is 1. The van der Waals surface area contributed by atoms with E-state index in [4.69, 9.17) is 4.74 Å². The predicted octanol–water partition coefficient (Wildman–Crippen LogP) is 3.00. The molecule has 3 heteroatoms. The maximum Gasteiger partial charge on any atom is 0.119 e. The van der Waals surface area contributed by atoms with Crippen molar-refractivity contribution < 1.29 is 4.74 Å². The third kappa shape index (κ3) is 3.06. The molecule has 1 unspecified atom stereocenters. The fourth-order valence-electron chi connectivity index (χ4n) is 1.78. The van der Waals surface area contributed by atoms with Crippen LogP contribution in [0.15, 0.2) is 24.3 Å². The summed E-state index contributed by atoms with van der Waals surface area (Å²) in [5.41, 5.74) is 1.20. The van der Waals surface area contributed by atoms with Gasteiger partial charge in [-0.3, -0.25) is 0 Å². The standard InChI is InChI=1S/C12H17NOS/c1-14-12-6-4-10(5-7-12)13-11-3-2-8-15-9-11/h4-7,11,13H,2-3,8-9H2,1H3. The van der Waals surface area contributed by atoms with Gasteiger partial charge in [-0.05, 0) is 42.9 Å². The van der Waals surface area contributed by atoms with E-state index in [0.29, 0.717) is 6.04 Å². The van der Waals surface area contributed by atoms with Crippen LogP contribution >= 0.6 is 11.8 Å². The average Bonchev–Trinajstić information content (AvgIpc) is 2.31. The number of methoxy groups -OCH3 is 1. The largest absolute Gasteiger partial charge is 0.497 e. The molecule has 2 nitrogen and oxygen atoms in total. The van der Waals surface area contributed by atoms with Crippen LogP contribution in [0, 0.1) is 0 Å². The van der Waals surface area contributed by atoms with Gasteiger partial charge in [-0.1, -0.05) is 0 Å². The van der Waals surface area contributed by atoms with Gasteiger partial charge in [-0.15, -0.1) is 0 Å². The molecule has 1 saturated heterocycles. The van der Waals surface area contributed by atoms with Crippen LogP contribution in [-0.2, 0) is 0 Å². The van der Waals surface area contributed by atoms with Crippen LogP contribution in [0.4, 0.5) is 5.69 Å². The lowest BCUT2D eigenvalue weighted by molar-refractivity contribution is 0.415. The summed E-state index contributed by atoms with van der Waals surface area (Å²) in [6.45, 7) is 0. The molecule has 15 heavy (non-hydrogen) atoms. The molecular weight excluding hydrogens is 206 g/mol. The Morgan fingerprint density at radius 3 is 2.73 bits per heavy atom. The van der Waals surface area contributed by atoms with E-state index in [1.54, 1.807) is 7.11 Å². The van der Waals surface area contributed by atoms with E-state index in [9.17, 15) is 0 Å². The van der Waals surface area contributed by atoms with Crippen LogP contribution in [0.3, 0.4) is 0 Å². The fourth-order valence-corrected chi connectivity index (χ4v) is 2.85. The molecular formula is C12H17NOS. The van der Waals surface area contributed by atoms with Crippen molar-refractivity contribution in [2.75, 3.05) is 23.9 Å². The zero-order chi connectivity index (χ0) is 10.5. The highest BCUT2D eigenvalue weighted by atomic mass is 32.2. The number of rotatable bonds is 3. The minimum atomic E-state index is 0.636. The monoisotopic (exact) mass is 223 g/mol. The molecule has 1 N–H and O–H groups in total. The molecule has 1 fully saturated rings. The van der Waals surface area contributed by atoms with Crippen molar-refractivity contribution in [1.82, 2.24) is 0 Å². The van der Waals surface area contributed by atoms with Crippen LogP contribution in [-0.4, -0.2) is 24.7 Å². The van der Waals surface area contributed by atoms with Gasteiger partial charge < -0.3 is 10.1 Å². The third-order valence-electron chi connectivity index (χ3n) is 2.62. The molecule has 1 aromatic carbocycles. The van der Waals surface area contributed by atoms with Crippen LogP contribution in [0.1, 0.15) is 12.8 Å². The predicted molar refractivity (Wildman–Crippen MR) is 67.0 cm³/mol. The Hall–Kier alpha value is -0.830. The van der Waals surface area contributed by atoms with Crippen molar-refractivity contribution in [1.29, 1.82) is 0 Å². The van der Waals surface area contributed by atoms with Gasteiger partial charge in [-0.2, -0.15) is 11.8 Å². The summed E-state index contributed by atoms with van der Waals surface area (Å²) in [4.78, 5) is 0. The summed E-state index contributed by atoms with van der Waals surface area (Å²) in [7, 11) is 1.69. The second-order valence-electron chi connectivity index (χ2n) is 3.79. The molecule has 0 aliphatic carbocycles. The van der Waals surface area contributed by atoms with E-state index in [2.05, 4.69) is 17.4 Å². The maximum absolute atomic E-state index is 5.13. The first-order chi connectivity index (χ1) is 7.38. The molecule has 82 valence electrons. The van der Waals surface area contributed by atoms with E-state index >= 15 is 0 Å². The zero-order valence-electron chi connectivity index (χ0n) is 9.03. The highest BCUT2D eigenvalue weighted by molar-refractivity contribution is 7.99. The summed E-state index contributed by atoms with van der Waals surface area (Å²) in [6.07, 6.45) is 2.62. The van der Waals surface area contributed by atoms with E-state index in [-0.39, 0.29) is 0 Å². The fraction of sp³-hybridized carbons (Fsp3) is 0.500. The number of benzene rings is 1. The number of hydrogen-bond acceptors (Lipinski definition) is 3. The van der Waals surface area contributed by atoms with Crippen LogP contribution in [0.25, 0.3) is 0 Å². The Bertz CT molecular complexity index is 293. The Balaban J connectivity index is 1.91. The minimum absolute atomic E-state index is 0.636. The van der Waals surface area contributed by atoms with Crippen molar-refractivity contribution in [3.8, 4) is 5.75 Å². The number of ether oxygens (including phenoxy) is 1. The molecule has 1 atom stereocenters. The lowest BCUT2D eigenvalue weighted by atomic mass is 10.1. The van der Waals surface area contributed by atoms with Crippen molar-refractivity contribution in [3.05, 3.63) is 24.3 Å². The van der Waals surface area contributed by atoms with Gasteiger partial charge in [0.1, 0.15) is 5.75 Å². The minimum Gasteiger partial charge on any atom is -0.497 e. The number of thioether (sulfide) groups is 1. The topological polar surface area (TPSA) is 21.3 Å². The molecule has 1 aliphatic rings. The quantitative estimate of drug-likeness (QED) is 0.851. The Morgan fingerprint density at radius 2 is 2.13 bits per heavy atom. The molecule has 1 aliphatic heterocycles. The van der Waals surface area contributed by atoms with Gasteiger partial charge in [0.2, 0.25) is 0 Å². The summed E-state index contributed by atoms with van der Waals surface area (Å²) in [5, 5.41) is 3.56. The molecule has 2 rings (SSSR count). The van der Waals surface area contributed by atoms with E-state index in [1.165, 1.54) is 30.0 Å². The lowest BCUT2D eigenvalue weighted by Crippen LogP contribution is -2.25. The highest BCUT2D eigenvalue weighted by Gasteiger charge is 2.12. The molecule has 0 amide bonds. The molecule has 0 bridgehead atoms. The van der Waals surface area contributed by atoms with E-state index < -0.39 is 0 Å². The van der Waals surface area contributed by atoms with E-state index in [0.717, 1.165) is 5.75 Å². The molecule has 1 aromatic rings. The average molecular weight is 223 g/mol. The van der Waals surface area contributed by atoms with Crippen LogP contribution < -0.4 is 10.1 Å². The smallest absolute Gasteiger partial charge is 0.119 e. The van der Waals surface area contributed by atoms with Crippen molar-refractivity contribution in [2.24, 2.45) is 0 Å². The molecule has 0 aromatic heterocycles. The lowest BCUT2D eigenvalue weighted by Gasteiger charge is -2.23. The third-order valence-corrected chi connectivity index (χ3v) is 3.84. The van der Waals surface area contributed by atoms with Gasteiger partial charge in [0, 0.05) is 17.5 Å². The van der Waals surface area contributed by atoms with Crippen LogP contribution in [0.2, 0.25) is 0 Å². The first-order valence-corrected chi connectivity index (χ1v) is 6.52. The van der Waals surface area contributed by atoms with Gasteiger partial charge >= 0.3 is 0 Å². The first-order valence-electron chi connectivity index (χ1n) is 5.37. The zero-order valence-corrected chi connectivity index (χ0v) is 9.85. The summed E-state index contributed by atoms with van der Waals surface area (Å²) in [6, 6.07) is 8.80. The molecule has 0 spiro atoms. The Morgan fingerprint density at radius 1 is 1.33 bits per heavy atom. The van der Waals surface area contributed by atoms with Crippen molar-refractivity contribution in [3.63, 3.8) is 0 Å². The summed E-state index contributed by atoms with van der Waals surface area (Å²) < 4.78 is 5.13. The van der Waals surface area contributed by atoms with Gasteiger partial charge in [0.15, 0.2) is 0 Å². The van der Waals surface area contributed by atoms with Crippen LogP contribution in [0.5, 0.6) is 5.75 Å². The normalized spacial score (nSPS) is 21.0. The van der Waals surface area contributed by atoms with Gasteiger partial charge in [-0.25, -0.2) is 0 Å². The van der Waals surface area contributed by atoms with Gasteiger partial charge in [0.25, 0.3) is 0 Å². The first kappa shape index (κ1) is 10.7. The number of nitrogens with one attached hydrogen (secondary N) is 1. The maximum atomic E-state index is 5.13. The van der Waals surface area contributed by atoms with E-state index in [1.807, 2.05) is 23.9 Å². The molecule has 0 saturated carbocycles. The summed E-state index contributed by atoms with van der Waals surface area (Å²) in [5.74, 6) is 3.46. The van der Waals surface area contributed by atoms with Crippen molar-refractivity contribution >= 4 is 17.4 Å². The van der Waals surface area contributed by atoms with Crippen molar-refractivity contribution in [2.45, 2.75) is 18.9 Å². The summed E-state index contributed by atoms with van der Waals surface area (Å²) >= 11 is 2.04. The van der Waals surface area contributed by atoms with Gasteiger partial charge in [0.05, 0.1) is 7.11 Å². The second-order valence-corrected chi connectivity index (χ2v) is 4.94.